The lowest BCUT2D eigenvalue weighted by molar-refractivity contribution is -0.0183. The molecule has 2 aliphatic rings. The highest BCUT2D eigenvalue weighted by Crippen LogP contribution is 2.44. The lowest BCUT2D eigenvalue weighted by atomic mass is 9.98. The molecule has 0 bridgehead atoms. The van der Waals surface area contributed by atoms with E-state index >= 15 is 0 Å². The average Bonchev–Trinajstić information content (AvgIpc) is 2.64. The monoisotopic (exact) mass is 256 g/mol. The van der Waals surface area contributed by atoms with Gasteiger partial charge in [-0.3, -0.25) is 0 Å². The van der Waals surface area contributed by atoms with Crippen molar-refractivity contribution in [2.75, 3.05) is 6.61 Å². The van der Waals surface area contributed by atoms with Gasteiger partial charge < -0.3 is 14.3 Å². The fourth-order valence-corrected chi connectivity index (χ4v) is 3.21. The van der Waals surface area contributed by atoms with Gasteiger partial charge in [0.15, 0.2) is 0 Å². The summed E-state index contributed by atoms with van der Waals surface area (Å²) in [6, 6.07) is 0. The Morgan fingerprint density at radius 1 is 1.47 bits per heavy atom. The summed E-state index contributed by atoms with van der Waals surface area (Å²) in [6.45, 7) is 11.7. The van der Waals surface area contributed by atoms with Gasteiger partial charge in [0.2, 0.25) is 8.32 Å². The third-order valence-corrected chi connectivity index (χ3v) is 8.76. The van der Waals surface area contributed by atoms with Gasteiger partial charge in [-0.2, -0.15) is 0 Å². The molecule has 3 nitrogen and oxygen atoms in total. The maximum atomic E-state index is 10.4. The molecular weight excluding hydrogens is 232 g/mol. The minimum absolute atomic E-state index is 0.174. The fraction of sp³-hybridized carbons (Fsp3) is 0.846. The van der Waals surface area contributed by atoms with Gasteiger partial charge in [0, 0.05) is 12.8 Å². The molecule has 0 aromatic rings. The third-order valence-electron chi connectivity index (χ3n) is 4.40. The Morgan fingerprint density at radius 2 is 2.12 bits per heavy atom. The van der Waals surface area contributed by atoms with Gasteiger partial charge in [-0.15, -0.1) is 0 Å². The Labute approximate surface area is 105 Å². The molecule has 0 unspecified atom stereocenters. The Balaban J connectivity index is 2.11. The van der Waals surface area contributed by atoms with Crippen LogP contribution < -0.4 is 0 Å². The van der Waals surface area contributed by atoms with Crippen molar-refractivity contribution in [3.05, 3.63) is 11.8 Å². The van der Waals surface area contributed by atoms with Crippen LogP contribution in [0.4, 0.5) is 0 Å². The maximum absolute atomic E-state index is 10.4. The van der Waals surface area contributed by atoms with Crippen LogP contribution in [0, 0.1) is 0 Å². The molecule has 1 aliphatic heterocycles. The number of fused-ring (bicyclic) bond motifs is 1. The number of rotatable bonds is 2. The molecule has 1 aliphatic carbocycles. The second-order valence-electron chi connectivity index (χ2n) is 6.78. The molecule has 0 spiro atoms. The molecule has 1 saturated heterocycles. The van der Waals surface area contributed by atoms with Gasteiger partial charge in [-0.05, 0) is 24.2 Å². The molecule has 17 heavy (non-hydrogen) atoms. The van der Waals surface area contributed by atoms with Crippen molar-refractivity contribution in [1.29, 1.82) is 0 Å². The Bertz CT molecular complexity index is 343. The van der Waals surface area contributed by atoms with Crippen molar-refractivity contribution in [3.63, 3.8) is 0 Å². The zero-order valence-electron chi connectivity index (χ0n) is 11.5. The third kappa shape index (κ3) is 2.18. The predicted molar refractivity (Wildman–Crippen MR) is 70.3 cm³/mol. The van der Waals surface area contributed by atoms with Gasteiger partial charge >= 0.3 is 0 Å². The van der Waals surface area contributed by atoms with E-state index in [0.29, 0.717) is 13.0 Å². The molecule has 0 saturated carbocycles. The number of hydrogen-bond acceptors (Lipinski definition) is 3. The normalized spacial score (nSPS) is 33.5. The van der Waals surface area contributed by atoms with E-state index in [1.165, 1.54) is 0 Å². The summed E-state index contributed by atoms with van der Waals surface area (Å²) < 4.78 is 11.9. The number of aliphatic hydroxyl groups is 1. The highest BCUT2D eigenvalue weighted by molar-refractivity contribution is 6.74. The second-order valence-corrected chi connectivity index (χ2v) is 11.5. The first-order valence-electron chi connectivity index (χ1n) is 6.39. The van der Waals surface area contributed by atoms with Crippen molar-refractivity contribution in [3.8, 4) is 0 Å². The highest BCUT2D eigenvalue weighted by Gasteiger charge is 2.51. The van der Waals surface area contributed by atoms with E-state index < -0.39 is 13.9 Å². The van der Waals surface area contributed by atoms with E-state index in [-0.39, 0.29) is 11.1 Å². The smallest absolute Gasteiger partial charge is 0.250 e. The SMILES string of the molecule is CC(C)(C)[Si](C)(C)OC1=CC[C@]2(O)CCO[C@H]12. The van der Waals surface area contributed by atoms with Crippen molar-refractivity contribution in [2.45, 2.75) is 63.5 Å². The minimum atomic E-state index is -1.82. The summed E-state index contributed by atoms with van der Waals surface area (Å²) in [5.41, 5.74) is -0.697. The summed E-state index contributed by atoms with van der Waals surface area (Å²) in [4.78, 5) is 0. The first-order valence-corrected chi connectivity index (χ1v) is 9.30. The molecule has 2 atom stereocenters. The van der Waals surface area contributed by atoms with Crippen molar-refractivity contribution < 1.29 is 14.3 Å². The van der Waals surface area contributed by atoms with E-state index in [9.17, 15) is 5.11 Å². The van der Waals surface area contributed by atoms with Crippen LogP contribution in [0.1, 0.15) is 33.6 Å². The molecule has 1 N–H and O–H groups in total. The molecule has 0 aromatic carbocycles. The number of ether oxygens (including phenoxy) is 1. The van der Waals surface area contributed by atoms with Crippen molar-refractivity contribution in [2.24, 2.45) is 0 Å². The van der Waals surface area contributed by atoms with Crippen LogP contribution in [0.15, 0.2) is 11.8 Å². The standard InChI is InChI=1S/C13H24O3Si/c1-12(2,3)17(4,5)16-10-6-7-13(14)8-9-15-11(10)13/h6,11,14H,7-9H2,1-5H3/t11-,13+/m1/s1. The highest BCUT2D eigenvalue weighted by atomic mass is 28.4. The Hall–Kier alpha value is -0.323. The summed E-state index contributed by atoms with van der Waals surface area (Å²) in [6.07, 6.45) is 3.18. The largest absolute Gasteiger partial charge is 0.545 e. The number of hydrogen-bond donors (Lipinski definition) is 1. The second kappa shape index (κ2) is 3.83. The van der Waals surface area contributed by atoms with Crippen molar-refractivity contribution in [1.82, 2.24) is 0 Å². The van der Waals surface area contributed by atoms with Crippen LogP contribution >= 0.6 is 0 Å². The molecule has 2 rings (SSSR count). The molecule has 1 fully saturated rings. The summed E-state index contributed by atoms with van der Waals surface area (Å²) >= 11 is 0. The topological polar surface area (TPSA) is 38.7 Å². The Morgan fingerprint density at radius 3 is 2.71 bits per heavy atom. The first-order chi connectivity index (χ1) is 7.66. The molecule has 0 amide bonds. The summed E-state index contributed by atoms with van der Waals surface area (Å²) in [5, 5.41) is 10.5. The zero-order valence-corrected chi connectivity index (χ0v) is 12.5. The quantitative estimate of drug-likeness (QED) is 0.772. The predicted octanol–water partition coefficient (Wildman–Crippen LogP) is 2.82. The molecule has 4 heteroatoms. The Kier molecular flexibility index (Phi) is 2.96. The van der Waals surface area contributed by atoms with Crippen LogP contribution in [0.5, 0.6) is 0 Å². The van der Waals surface area contributed by atoms with Gasteiger partial charge in [0.1, 0.15) is 17.5 Å². The minimum Gasteiger partial charge on any atom is -0.545 e. The molecule has 0 radical (unpaired) electrons. The average molecular weight is 256 g/mol. The zero-order chi connectivity index (χ0) is 12.9. The van der Waals surface area contributed by atoms with E-state index in [1.807, 2.05) is 6.08 Å². The van der Waals surface area contributed by atoms with E-state index in [1.54, 1.807) is 0 Å². The molecule has 1 heterocycles. The van der Waals surface area contributed by atoms with Gasteiger partial charge in [-0.1, -0.05) is 20.8 Å². The maximum Gasteiger partial charge on any atom is 0.250 e. The van der Waals surface area contributed by atoms with Crippen LogP contribution in [0.25, 0.3) is 0 Å². The van der Waals surface area contributed by atoms with Crippen LogP contribution in [-0.4, -0.2) is 31.7 Å². The van der Waals surface area contributed by atoms with Gasteiger partial charge in [0.25, 0.3) is 0 Å². The van der Waals surface area contributed by atoms with Gasteiger partial charge in [0.05, 0.1) is 6.61 Å². The molecule has 98 valence electrons. The molecule has 0 aromatic heterocycles. The van der Waals surface area contributed by atoms with Crippen LogP contribution in [-0.2, 0) is 9.16 Å². The van der Waals surface area contributed by atoms with Crippen LogP contribution in [0.2, 0.25) is 18.1 Å². The lowest BCUT2D eigenvalue weighted by Crippen LogP contribution is -2.43. The fourth-order valence-electron chi connectivity index (χ4n) is 2.12. The summed E-state index contributed by atoms with van der Waals surface area (Å²) in [5.74, 6) is 0.872. The first kappa shape index (κ1) is 13.1. The van der Waals surface area contributed by atoms with Crippen molar-refractivity contribution >= 4 is 8.32 Å². The van der Waals surface area contributed by atoms with Crippen LogP contribution in [0.3, 0.4) is 0 Å². The van der Waals surface area contributed by atoms with E-state index in [4.69, 9.17) is 9.16 Å². The summed E-state index contributed by atoms with van der Waals surface area (Å²) in [7, 11) is -1.82. The van der Waals surface area contributed by atoms with Gasteiger partial charge in [-0.25, -0.2) is 0 Å². The van der Waals surface area contributed by atoms with E-state index in [0.717, 1.165) is 12.2 Å². The molecular formula is C13H24O3Si. The van der Waals surface area contributed by atoms with E-state index in [2.05, 4.69) is 33.9 Å². The lowest BCUT2D eigenvalue weighted by Gasteiger charge is -2.38.